The molecule has 2 fully saturated rings. The number of fused-ring (bicyclic) bond motifs is 1. The molecule has 2 aliphatic rings. The van der Waals surface area contributed by atoms with E-state index in [1.165, 1.54) is 12.8 Å². The molecule has 162 valence electrons. The molecule has 0 aliphatic carbocycles. The first-order chi connectivity index (χ1) is 15.0. The van der Waals surface area contributed by atoms with E-state index in [0.717, 1.165) is 78.3 Å². The number of anilines is 1. The maximum Gasteiger partial charge on any atom is 0.254 e. The summed E-state index contributed by atoms with van der Waals surface area (Å²) < 4.78 is 1.89. The molecule has 2 saturated heterocycles. The van der Waals surface area contributed by atoms with Crippen LogP contribution in [-0.2, 0) is 0 Å². The van der Waals surface area contributed by atoms with Crippen molar-refractivity contribution < 1.29 is 4.79 Å². The topological polar surface area (TPSA) is 53.7 Å². The van der Waals surface area contributed by atoms with Gasteiger partial charge in [-0.3, -0.25) is 4.79 Å². The molecule has 0 bridgehead atoms. The van der Waals surface area contributed by atoms with E-state index in [0.29, 0.717) is 0 Å². The minimum Gasteiger partial charge on any atom is -0.356 e. The standard InChI is InChI=1S/C25H31N5O/c1-17-9-10-18(2)20(14-17)25(31)29-13-5-4-8-22(29)21-15-23-26-24(28-11-6-7-12-28)19(3)16-30(23)27-21/h9-10,14-16,22H,4-8,11-13H2,1-3H3. The predicted octanol–water partition coefficient (Wildman–Crippen LogP) is 4.62. The summed E-state index contributed by atoms with van der Waals surface area (Å²) in [4.78, 5) is 22.9. The van der Waals surface area contributed by atoms with Crippen LogP contribution in [0.3, 0.4) is 0 Å². The Morgan fingerprint density at radius 1 is 0.968 bits per heavy atom. The van der Waals surface area contributed by atoms with Crippen molar-refractivity contribution in [2.75, 3.05) is 24.5 Å². The number of piperidine rings is 1. The lowest BCUT2D eigenvalue weighted by molar-refractivity contribution is 0.0605. The maximum absolute atomic E-state index is 13.5. The summed E-state index contributed by atoms with van der Waals surface area (Å²) >= 11 is 0. The van der Waals surface area contributed by atoms with Crippen molar-refractivity contribution in [2.24, 2.45) is 0 Å². The maximum atomic E-state index is 13.5. The summed E-state index contributed by atoms with van der Waals surface area (Å²) in [6.45, 7) is 9.09. The van der Waals surface area contributed by atoms with Gasteiger partial charge in [-0.2, -0.15) is 5.10 Å². The highest BCUT2D eigenvalue weighted by Gasteiger charge is 2.31. The van der Waals surface area contributed by atoms with Crippen molar-refractivity contribution in [3.05, 3.63) is 58.4 Å². The van der Waals surface area contributed by atoms with Crippen LogP contribution in [0.5, 0.6) is 0 Å². The number of carbonyl (C=O) groups is 1. The molecule has 2 aromatic heterocycles. The van der Waals surface area contributed by atoms with E-state index < -0.39 is 0 Å². The molecule has 6 nitrogen and oxygen atoms in total. The van der Waals surface area contributed by atoms with Crippen molar-refractivity contribution in [3.63, 3.8) is 0 Å². The number of aromatic nitrogens is 3. The average molecular weight is 418 g/mol. The Balaban J connectivity index is 1.49. The van der Waals surface area contributed by atoms with Crippen LogP contribution in [0.4, 0.5) is 5.82 Å². The highest BCUT2D eigenvalue weighted by Crippen LogP contribution is 2.33. The van der Waals surface area contributed by atoms with Crippen molar-refractivity contribution in [1.82, 2.24) is 19.5 Å². The number of nitrogens with zero attached hydrogens (tertiary/aromatic N) is 5. The molecular formula is C25H31N5O. The predicted molar refractivity (Wildman–Crippen MR) is 123 cm³/mol. The Bertz CT molecular complexity index is 1130. The molecule has 6 heteroatoms. The van der Waals surface area contributed by atoms with Gasteiger partial charge in [-0.15, -0.1) is 0 Å². The molecule has 0 saturated carbocycles. The van der Waals surface area contributed by atoms with Gasteiger partial charge in [-0.05, 0) is 64.5 Å². The van der Waals surface area contributed by atoms with Crippen LogP contribution >= 0.6 is 0 Å². The SMILES string of the molecule is Cc1ccc(C)c(C(=O)N2CCCCC2c2cc3nc(N4CCCC4)c(C)cn3n2)c1. The molecule has 31 heavy (non-hydrogen) atoms. The second kappa shape index (κ2) is 7.98. The van der Waals surface area contributed by atoms with E-state index in [9.17, 15) is 4.79 Å². The number of benzene rings is 1. The summed E-state index contributed by atoms with van der Waals surface area (Å²) in [7, 11) is 0. The zero-order valence-corrected chi connectivity index (χ0v) is 18.8. The number of rotatable bonds is 3. The Morgan fingerprint density at radius 2 is 1.74 bits per heavy atom. The third kappa shape index (κ3) is 3.68. The van der Waals surface area contributed by atoms with Gasteiger partial charge in [-0.1, -0.05) is 17.7 Å². The van der Waals surface area contributed by atoms with Crippen molar-refractivity contribution >= 4 is 17.4 Å². The van der Waals surface area contributed by atoms with Crippen LogP contribution in [0.1, 0.15) is 70.9 Å². The molecule has 1 unspecified atom stereocenters. The van der Waals surface area contributed by atoms with Crippen LogP contribution in [0, 0.1) is 20.8 Å². The summed E-state index contributed by atoms with van der Waals surface area (Å²) in [6.07, 6.45) is 7.64. The number of hydrogen-bond donors (Lipinski definition) is 0. The van der Waals surface area contributed by atoms with E-state index in [1.54, 1.807) is 0 Å². The fourth-order valence-electron chi connectivity index (χ4n) is 5.03. The third-order valence-electron chi connectivity index (χ3n) is 6.76. The van der Waals surface area contributed by atoms with Gasteiger partial charge >= 0.3 is 0 Å². The van der Waals surface area contributed by atoms with E-state index >= 15 is 0 Å². The van der Waals surface area contributed by atoms with Crippen LogP contribution in [0.15, 0.2) is 30.5 Å². The van der Waals surface area contributed by atoms with E-state index in [2.05, 4.69) is 30.2 Å². The van der Waals surface area contributed by atoms with Gasteiger partial charge in [0, 0.05) is 43.0 Å². The number of hydrogen-bond acceptors (Lipinski definition) is 4. The van der Waals surface area contributed by atoms with Crippen molar-refractivity contribution in [1.29, 1.82) is 0 Å². The summed E-state index contributed by atoms with van der Waals surface area (Å²) in [5.74, 6) is 1.19. The normalized spacial score (nSPS) is 19.4. The fourth-order valence-corrected chi connectivity index (χ4v) is 5.03. The number of likely N-dealkylation sites (tertiary alicyclic amines) is 1. The van der Waals surface area contributed by atoms with Gasteiger partial charge in [0.15, 0.2) is 5.65 Å². The second-order valence-corrected chi connectivity index (χ2v) is 9.14. The Labute approximate surface area is 183 Å². The number of carbonyl (C=O) groups excluding carboxylic acids is 1. The van der Waals surface area contributed by atoms with Gasteiger partial charge in [0.1, 0.15) is 5.82 Å². The van der Waals surface area contributed by atoms with Crippen molar-refractivity contribution in [3.8, 4) is 0 Å². The summed E-state index contributed by atoms with van der Waals surface area (Å²) in [5.41, 5.74) is 5.92. The third-order valence-corrected chi connectivity index (χ3v) is 6.76. The van der Waals surface area contributed by atoms with E-state index in [1.807, 2.05) is 35.4 Å². The lowest BCUT2D eigenvalue weighted by atomic mass is 9.96. The zero-order valence-electron chi connectivity index (χ0n) is 18.8. The lowest BCUT2D eigenvalue weighted by Crippen LogP contribution is -2.39. The van der Waals surface area contributed by atoms with Gasteiger partial charge in [0.05, 0.1) is 11.7 Å². The molecule has 1 amide bonds. The molecule has 0 spiro atoms. The average Bonchev–Trinajstić information content (AvgIpc) is 3.44. The van der Waals surface area contributed by atoms with Gasteiger partial charge in [0.2, 0.25) is 0 Å². The molecule has 5 rings (SSSR count). The van der Waals surface area contributed by atoms with Crippen LogP contribution in [0.2, 0.25) is 0 Å². The molecule has 0 radical (unpaired) electrons. The zero-order chi connectivity index (χ0) is 21.5. The minimum atomic E-state index is -0.00148. The lowest BCUT2D eigenvalue weighted by Gasteiger charge is -2.35. The largest absolute Gasteiger partial charge is 0.356 e. The Hall–Kier alpha value is -2.89. The summed E-state index contributed by atoms with van der Waals surface area (Å²) in [6, 6.07) is 8.20. The van der Waals surface area contributed by atoms with Gasteiger partial charge in [-0.25, -0.2) is 9.50 Å². The smallest absolute Gasteiger partial charge is 0.254 e. The summed E-state index contributed by atoms with van der Waals surface area (Å²) in [5, 5.41) is 4.87. The molecular weight excluding hydrogens is 386 g/mol. The quantitative estimate of drug-likeness (QED) is 0.624. The van der Waals surface area contributed by atoms with Gasteiger partial charge < -0.3 is 9.80 Å². The first kappa shape index (κ1) is 20.0. The van der Waals surface area contributed by atoms with E-state index in [-0.39, 0.29) is 11.9 Å². The second-order valence-electron chi connectivity index (χ2n) is 9.14. The molecule has 1 aromatic carbocycles. The van der Waals surface area contributed by atoms with Gasteiger partial charge in [0.25, 0.3) is 5.91 Å². The first-order valence-electron chi connectivity index (χ1n) is 11.5. The molecule has 0 N–H and O–H groups in total. The number of aryl methyl sites for hydroxylation is 3. The molecule has 1 atom stereocenters. The van der Waals surface area contributed by atoms with Crippen LogP contribution in [-0.4, -0.2) is 45.0 Å². The first-order valence-corrected chi connectivity index (χ1v) is 11.5. The monoisotopic (exact) mass is 417 g/mol. The Morgan fingerprint density at radius 3 is 2.55 bits per heavy atom. The highest BCUT2D eigenvalue weighted by molar-refractivity contribution is 5.96. The fraction of sp³-hybridized carbons (Fsp3) is 0.480. The van der Waals surface area contributed by atoms with Crippen LogP contribution in [0.25, 0.3) is 5.65 Å². The molecule has 2 aliphatic heterocycles. The van der Waals surface area contributed by atoms with Crippen LogP contribution < -0.4 is 4.90 Å². The minimum absolute atomic E-state index is 0.00148. The molecule has 4 heterocycles. The highest BCUT2D eigenvalue weighted by atomic mass is 16.2. The van der Waals surface area contributed by atoms with E-state index in [4.69, 9.17) is 10.1 Å². The number of amides is 1. The molecule has 3 aromatic rings. The van der Waals surface area contributed by atoms with Crippen molar-refractivity contribution in [2.45, 2.75) is 58.9 Å². The Kier molecular flexibility index (Phi) is 5.16.